The van der Waals surface area contributed by atoms with Crippen LogP contribution < -0.4 is 25.4 Å². The van der Waals surface area contributed by atoms with Gasteiger partial charge in [-0.25, -0.2) is 0 Å². The molecular formula is C22H31IN4O3. The molecule has 2 aromatic carbocycles. The number of hydrogen-bond acceptors (Lipinski definition) is 4. The van der Waals surface area contributed by atoms with Crippen LogP contribution in [-0.4, -0.2) is 32.6 Å². The zero-order valence-corrected chi connectivity index (χ0v) is 20.3. The number of anilines is 2. The quantitative estimate of drug-likeness (QED) is 0.252. The van der Waals surface area contributed by atoms with Gasteiger partial charge in [-0.15, -0.1) is 24.0 Å². The van der Waals surface area contributed by atoms with E-state index in [1.165, 1.54) is 0 Å². The van der Waals surface area contributed by atoms with Crippen molar-refractivity contribution in [3.05, 3.63) is 48.0 Å². The van der Waals surface area contributed by atoms with Crippen LogP contribution in [0.25, 0.3) is 0 Å². The summed E-state index contributed by atoms with van der Waals surface area (Å²) in [5.74, 6) is 2.01. The first kappa shape index (κ1) is 25.5. The lowest BCUT2D eigenvalue weighted by molar-refractivity contribution is -0.116. The summed E-state index contributed by atoms with van der Waals surface area (Å²) in [4.78, 5) is 16.0. The number of guanidine groups is 1. The fourth-order valence-electron chi connectivity index (χ4n) is 2.73. The number of nitrogens with zero attached hydrogens (tertiary/aromatic N) is 1. The monoisotopic (exact) mass is 526 g/mol. The molecule has 2 rings (SSSR count). The lowest BCUT2D eigenvalue weighted by Crippen LogP contribution is -2.30. The Balaban J connectivity index is 0.00000450. The number of aliphatic imine (C=N–C) groups is 1. The van der Waals surface area contributed by atoms with Gasteiger partial charge in [0.2, 0.25) is 5.91 Å². The average molecular weight is 526 g/mol. The first-order valence-electron chi connectivity index (χ1n) is 9.76. The standard InChI is InChI=1S/C22H30N4O3.HI/c1-5-8-21(27)25-17-10-7-9-16(13-17)15-24-22(23-3)26-18-11-12-19(28-4)20(14-18)29-6-2;/h7,9-14H,5-6,8,15H2,1-4H3,(H,25,27)(H2,23,24,26);1H. The van der Waals surface area contributed by atoms with Crippen LogP contribution in [0.5, 0.6) is 11.5 Å². The molecule has 0 aliphatic heterocycles. The molecule has 0 radical (unpaired) electrons. The first-order valence-corrected chi connectivity index (χ1v) is 9.76. The third kappa shape index (κ3) is 8.10. The van der Waals surface area contributed by atoms with E-state index < -0.39 is 0 Å². The number of ether oxygens (including phenoxy) is 2. The summed E-state index contributed by atoms with van der Waals surface area (Å²) < 4.78 is 10.9. The Morgan fingerprint density at radius 3 is 2.47 bits per heavy atom. The van der Waals surface area contributed by atoms with E-state index in [-0.39, 0.29) is 29.9 Å². The molecule has 0 fully saturated rings. The second-order valence-electron chi connectivity index (χ2n) is 6.35. The van der Waals surface area contributed by atoms with Gasteiger partial charge in [-0.05, 0) is 43.2 Å². The second-order valence-corrected chi connectivity index (χ2v) is 6.35. The van der Waals surface area contributed by atoms with Crippen LogP contribution in [0.4, 0.5) is 11.4 Å². The minimum Gasteiger partial charge on any atom is -0.493 e. The number of rotatable bonds is 9. The van der Waals surface area contributed by atoms with Crippen molar-refractivity contribution in [1.29, 1.82) is 0 Å². The Labute approximate surface area is 195 Å². The van der Waals surface area contributed by atoms with Gasteiger partial charge in [-0.2, -0.15) is 0 Å². The van der Waals surface area contributed by atoms with E-state index in [0.717, 1.165) is 23.4 Å². The number of methoxy groups -OCH3 is 1. The predicted molar refractivity (Wildman–Crippen MR) is 133 cm³/mol. The van der Waals surface area contributed by atoms with Gasteiger partial charge in [-0.1, -0.05) is 19.1 Å². The van der Waals surface area contributed by atoms with Gasteiger partial charge >= 0.3 is 0 Å². The van der Waals surface area contributed by atoms with Gasteiger partial charge in [0, 0.05) is 37.5 Å². The van der Waals surface area contributed by atoms with E-state index in [4.69, 9.17) is 9.47 Å². The number of benzene rings is 2. The Bertz CT molecular complexity index is 843. The highest BCUT2D eigenvalue weighted by atomic mass is 127. The lowest BCUT2D eigenvalue weighted by atomic mass is 10.2. The topological polar surface area (TPSA) is 84.0 Å². The van der Waals surface area contributed by atoms with Crippen LogP contribution in [0.2, 0.25) is 0 Å². The van der Waals surface area contributed by atoms with E-state index in [1.807, 2.05) is 56.3 Å². The molecule has 0 aromatic heterocycles. The highest BCUT2D eigenvalue weighted by Gasteiger charge is 2.07. The molecule has 0 saturated heterocycles. The minimum absolute atomic E-state index is 0. The van der Waals surface area contributed by atoms with Crippen LogP contribution >= 0.6 is 24.0 Å². The van der Waals surface area contributed by atoms with E-state index in [2.05, 4.69) is 20.9 Å². The normalized spacial score (nSPS) is 10.6. The number of nitrogens with one attached hydrogen (secondary N) is 3. The van der Waals surface area contributed by atoms with Gasteiger partial charge < -0.3 is 25.4 Å². The largest absolute Gasteiger partial charge is 0.493 e. The summed E-state index contributed by atoms with van der Waals surface area (Å²) in [6.07, 6.45) is 1.34. The van der Waals surface area contributed by atoms with Crippen LogP contribution in [0.1, 0.15) is 32.3 Å². The molecule has 2 aromatic rings. The fourth-order valence-corrected chi connectivity index (χ4v) is 2.73. The molecule has 7 nitrogen and oxygen atoms in total. The Morgan fingerprint density at radius 1 is 1.03 bits per heavy atom. The maximum atomic E-state index is 11.8. The van der Waals surface area contributed by atoms with Crippen molar-refractivity contribution < 1.29 is 14.3 Å². The molecule has 3 N–H and O–H groups in total. The summed E-state index contributed by atoms with van der Waals surface area (Å²) in [5, 5.41) is 9.44. The van der Waals surface area contributed by atoms with E-state index in [0.29, 0.717) is 37.0 Å². The molecule has 1 amide bonds. The zero-order chi connectivity index (χ0) is 21.1. The lowest BCUT2D eigenvalue weighted by Gasteiger charge is -2.15. The van der Waals surface area contributed by atoms with E-state index in [1.54, 1.807) is 14.2 Å². The SMILES string of the molecule is CCCC(=O)Nc1cccc(CNC(=NC)Nc2ccc(OC)c(OCC)c2)c1.I. The van der Waals surface area contributed by atoms with Crippen LogP contribution in [-0.2, 0) is 11.3 Å². The summed E-state index contributed by atoms with van der Waals surface area (Å²) in [7, 11) is 3.33. The van der Waals surface area contributed by atoms with Crippen molar-refractivity contribution >= 4 is 47.2 Å². The first-order chi connectivity index (χ1) is 14.1. The maximum Gasteiger partial charge on any atom is 0.224 e. The Morgan fingerprint density at radius 2 is 1.80 bits per heavy atom. The third-order valence-corrected chi connectivity index (χ3v) is 4.10. The molecule has 0 atom stereocenters. The summed E-state index contributed by atoms with van der Waals surface area (Å²) >= 11 is 0. The Kier molecular flexibility index (Phi) is 11.7. The second kappa shape index (κ2) is 13.7. The molecule has 0 spiro atoms. The highest BCUT2D eigenvalue weighted by molar-refractivity contribution is 14.0. The molecule has 0 heterocycles. The van der Waals surface area contributed by atoms with E-state index in [9.17, 15) is 4.79 Å². The number of hydrogen-bond donors (Lipinski definition) is 3. The van der Waals surface area contributed by atoms with Gasteiger partial charge in [0.1, 0.15) is 0 Å². The average Bonchev–Trinajstić information content (AvgIpc) is 2.72. The molecular weight excluding hydrogens is 495 g/mol. The molecule has 0 aliphatic rings. The fraction of sp³-hybridized carbons (Fsp3) is 0.364. The van der Waals surface area contributed by atoms with Crippen molar-refractivity contribution in [2.24, 2.45) is 4.99 Å². The predicted octanol–water partition coefficient (Wildman–Crippen LogP) is 4.64. The van der Waals surface area contributed by atoms with Crippen LogP contribution in [0.15, 0.2) is 47.5 Å². The molecule has 164 valence electrons. The Hall–Kier alpha value is -2.49. The molecule has 8 heteroatoms. The van der Waals surface area contributed by atoms with Crippen molar-refractivity contribution in [3.63, 3.8) is 0 Å². The molecule has 30 heavy (non-hydrogen) atoms. The van der Waals surface area contributed by atoms with Gasteiger partial charge in [0.05, 0.1) is 13.7 Å². The zero-order valence-electron chi connectivity index (χ0n) is 18.0. The summed E-state index contributed by atoms with van der Waals surface area (Å²) in [5.41, 5.74) is 2.66. The molecule has 0 bridgehead atoms. The van der Waals surface area contributed by atoms with Gasteiger partial charge in [-0.3, -0.25) is 9.79 Å². The van der Waals surface area contributed by atoms with Crippen molar-refractivity contribution in [2.75, 3.05) is 31.4 Å². The number of amides is 1. The van der Waals surface area contributed by atoms with E-state index >= 15 is 0 Å². The highest BCUT2D eigenvalue weighted by Crippen LogP contribution is 2.30. The minimum atomic E-state index is 0. The number of halogens is 1. The van der Waals surface area contributed by atoms with Crippen LogP contribution in [0.3, 0.4) is 0 Å². The van der Waals surface area contributed by atoms with Crippen LogP contribution in [0, 0.1) is 0 Å². The summed E-state index contributed by atoms with van der Waals surface area (Å²) in [6, 6.07) is 13.4. The van der Waals surface area contributed by atoms with Crippen molar-refractivity contribution in [3.8, 4) is 11.5 Å². The molecule has 0 saturated carbocycles. The van der Waals surface area contributed by atoms with Gasteiger partial charge in [0.15, 0.2) is 17.5 Å². The van der Waals surface area contributed by atoms with Gasteiger partial charge in [0.25, 0.3) is 0 Å². The van der Waals surface area contributed by atoms with Crippen molar-refractivity contribution in [2.45, 2.75) is 33.2 Å². The summed E-state index contributed by atoms with van der Waals surface area (Å²) in [6.45, 7) is 5.03. The maximum absolute atomic E-state index is 11.8. The molecule has 0 unspecified atom stereocenters. The van der Waals surface area contributed by atoms with Crippen molar-refractivity contribution in [1.82, 2.24) is 5.32 Å². The molecule has 0 aliphatic carbocycles. The third-order valence-electron chi connectivity index (χ3n) is 4.10. The smallest absolute Gasteiger partial charge is 0.224 e. The number of carbonyl (C=O) groups is 1. The number of carbonyl (C=O) groups excluding carboxylic acids is 1.